The summed E-state index contributed by atoms with van der Waals surface area (Å²) in [5.41, 5.74) is 8.50. The number of furan rings is 1. The molecule has 2 N–H and O–H groups in total. The summed E-state index contributed by atoms with van der Waals surface area (Å²) < 4.78 is 11.3. The summed E-state index contributed by atoms with van der Waals surface area (Å²) in [5, 5.41) is 1.63. The van der Waals surface area contributed by atoms with Crippen LogP contribution in [0.2, 0.25) is 5.02 Å². The van der Waals surface area contributed by atoms with E-state index in [1.54, 1.807) is 12.3 Å². The highest BCUT2D eigenvalue weighted by Crippen LogP contribution is 2.28. The van der Waals surface area contributed by atoms with Crippen molar-refractivity contribution >= 4 is 22.6 Å². The molecule has 0 amide bonds. The van der Waals surface area contributed by atoms with Gasteiger partial charge in [0.2, 0.25) is 0 Å². The van der Waals surface area contributed by atoms with Crippen molar-refractivity contribution in [3.05, 3.63) is 64.9 Å². The van der Waals surface area contributed by atoms with E-state index in [0.717, 1.165) is 22.1 Å². The molecule has 3 aromatic rings. The number of hydrogen-bond acceptors (Lipinski definition) is 3. The molecule has 0 spiro atoms. The van der Waals surface area contributed by atoms with Crippen LogP contribution in [-0.2, 0) is 13.2 Å². The Labute approximate surface area is 121 Å². The number of para-hydroxylation sites is 2. The molecule has 0 unspecified atom stereocenters. The van der Waals surface area contributed by atoms with Gasteiger partial charge in [0, 0.05) is 23.1 Å². The van der Waals surface area contributed by atoms with Crippen molar-refractivity contribution in [2.45, 2.75) is 13.2 Å². The van der Waals surface area contributed by atoms with Crippen LogP contribution in [0.3, 0.4) is 0 Å². The number of ether oxygens (including phenoxy) is 1. The van der Waals surface area contributed by atoms with Gasteiger partial charge in [-0.25, -0.2) is 0 Å². The van der Waals surface area contributed by atoms with E-state index in [2.05, 4.69) is 0 Å². The van der Waals surface area contributed by atoms with Crippen LogP contribution >= 0.6 is 11.6 Å². The highest BCUT2D eigenvalue weighted by Gasteiger charge is 2.10. The topological polar surface area (TPSA) is 48.4 Å². The lowest BCUT2D eigenvalue weighted by Gasteiger charge is -2.06. The number of fused-ring (bicyclic) bond motifs is 1. The normalized spacial score (nSPS) is 10.9. The summed E-state index contributed by atoms with van der Waals surface area (Å²) in [4.78, 5) is 0. The first kappa shape index (κ1) is 13.0. The van der Waals surface area contributed by atoms with E-state index in [4.69, 9.17) is 26.5 Å². The van der Waals surface area contributed by atoms with E-state index in [1.165, 1.54) is 0 Å². The van der Waals surface area contributed by atoms with E-state index in [1.807, 2.05) is 36.4 Å². The van der Waals surface area contributed by atoms with Crippen molar-refractivity contribution in [2.24, 2.45) is 5.73 Å². The maximum absolute atomic E-state index is 6.07. The smallest absolute Gasteiger partial charge is 0.138 e. The molecular weight excluding hydrogens is 274 g/mol. The molecule has 1 aromatic heterocycles. The Morgan fingerprint density at radius 2 is 1.90 bits per heavy atom. The summed E-state index contributed by atoms with van der Waals surface area (Å²) in [6.07, 6.45) is 1.71. The van der Waals surface area contributed by atoms with Crippen LogP contribution in [0.25, 0.3) is 11.0 Å². The molecule has 2 aromatic carbocycles. The van der Waals surface area contributed by atoms with E-state index in [-0.39, 0.29) is 0 Å². The van der Waals surface area contributed by atoms with Gasteiger partial charge in [0.05, 0.1) is 11.3 Å². The van der Waals surface area contributed by atoms with Gasteiger partial charge < -0.3 is 14.9 Å². The molecule has 0 fully saturated rings. The molecule has 0 saturated carbocycles. The molecule has 4 heteroatoms. The zero-order chi connectivity index (χ0) is 13.9. The van der Waals surface area contributed by atoms with Crippen molar-refractivity contribution in [1.82, 2.24) is 0 Å². The Kier molecular flexibility index (Phi) is 3.63. The number of rotatable bonds is 4. The summed E-state index contributed by atoms with van der Waals surface area (Å²) >= 11 is 6.07. The SMILES string of the molecule is NCc1cccc2c(COc3ccccc3Cl)coc12. The first-order valence-electron chi connectivity index (χ1n) is 6.35. The zero-order valence-corrected chi connectivity index (χ0v) is 11.6. The largest absolute Gasteiger partial charge is 0.487 e. The highest BCUT2D eigenvalue weighted by atomic mass is 35.5. The van der Waals surface area contributed by atoms with Crippen LogP contribution in [0.4, 0.5) is 0 Å². The van der Waals surface area contributed by atoms with Crippen molar-refractivity contribution in [3.8, 4) is 5.75 Å². The summed E-state index contributed by atoms with van der Waals surface area (Å²) in [6.45, 7) is 0.862. The molecule has 102 valence electrons. The minimum Gasteiger partial charge on any atom is -0.487 e. The number of hydrogen-bond donors (Lipinski definition) is 1. The molecule has 0 radical (unpaired) electrons. The molecule has 0 aliphatic rings. The fraction of sp³-hybridized carbons (Fsp3) is 0.125. The lowest BCUT2D eigenvalue weighted by atomic mass is 10.1. The van der Waals surface area contributed by atoms with Gasteiger partial charge >= 0.3 is 0 Å². The lowest BCUT2D eigenvalue weighted by Crippen LogP contribution is -1.97. The van der Waals surface area contributed by atoms with Crippen molar-refractivity contribution in [1.29, 1.82) is 0 Å². The van der Waals surface area contributed by atoms with Gasteiger partial charge in [-0.1, -0.05) is 41.9 Å². The fourth-order valence-corrected chi connectivity index (χ4v) is 2.35. The second kappa shape index (κ2) is 5.57. The molecule has 20 heavy (non-hydrogen) atoms. The number of benzene rings is 2. The molecule has 1 heterocycles. The predicted molar refractivity (Wildman–Crippen MR) is 79.9 cm³/mol. The van der Waals surface area contributed by atoms with E-state index in [0.29, 0.717) is 23.9 Å². The predicted octanol–water partition coefficient (Wildman–Crippen LogP) is 4.12. The minimum absolute atomic E-state index is 0.407. The first-order valence-corrected chi connectivity index (χ1v) is 6.72. The third-order valence-corrected chi connectivity index (χ3v) is 3.51. The van der Waals surface area contributed by atoms with Gasteiger partial charge in [0.1, 0.15) is 17.9 Å². The van der Waals surface area contributed by atoms with Gasteiger partial charge in [-0.3, -0.25) is 0 Å². The molecular formula is C16H14ClNO2. The number of nitrogens with two attached hydrogens (primary N) is 1. The van der Waals surface area contributed by atoms with Gasteiger partial charge in [0.25, 0.3) is 0 Å². The molecule has 0 bridgehead atoms. The van der Waals surface area contributed by atoms with Crippen LogP contribution in [0.1, 0.15) is 11.1 Å². The van der Waals surface area contributed by atoms with Gasteiger partial charge in [-0.2, -0.15) is 0 Å². The maximum Gasteiger partial charge on any atom is 0.138 e. The second-order valence-corrected chi connectivity index (χ2v) is 4.89. The maximum atomic E-state index is 6.07. The average molecular weight is 288 g/mol. The quantitative estimate of drug-likeness (QED) is 0.785. The van der Waals surface area contributed by atoms with E-state index in [9.17, 15) is 0 Å². The minimum atomic E-state index is 0.407. The van der Waals surface area contributed by atoms with Crippen LogP contribution in [0.15, 0.2) is 53.1 Å². The van der Waals surface area contributed by atoms with Gasteiger partial charge in [0.15, 0.2) is 0 Å². The Hall–Kier alpha value is -1.97. The van der Waals surface area contributed by atoms with Crippen LogP contribution in [0.5, 0.6) is 5.75 Å². The lowest BCUT2D eigenvalue weighted by molar-refractivity contribution is 0.306. The van der Waals surface area contributed by atoms with Crippen molar-refractivity contribution in [3.63, 3.8) is 0 Å². The summed E-state index contributed by atoms with van der Waals surface area (Å²) in [5.74, 6) is 0.665. The van der Waals surface area contributed by atoms with Gasteiger partial charge in [-0.05, 0) is 12.1 Å². The Morgan fingerprint density at radius 3 is 2.70 bits per heavy atom. The standard InChI is InChI=1S/C16H14ClNO2/c17-14-6-1-2-7-15(14)19-9-12-10-20-16-11(8-18)4-3-5-13(12)16/h1-7,10H,8-9,18H2. The monoisotopic (exact) mass is 287 g/mol. The summed E-state index contributed by atoms with van der Waals surface area (Å²) in [6, 6.07) is 13.3. The molecule has 3 rings (SSSR count). The summed E-state index contributed by atoms with van der Waals surface area (Å²) in [7, 11) is 0. The Bertz CT molecular complexity index is 736. The van der Waals surface area contributed by atoms with E-state index >= 15 is 0 Å². The molecule has 0 saturated heterocycles. The third-order valence-electron chi connectivity index (χ3n) is 3.20. The molecule has 0 aliphatic heterocycles. The average Bonchev–Trinajstić information content (AvgIpc) is 2.89. The molecule has 0 aliphatic carbocycles. The zero-order valence-electron chi connectivity index (χ0n) is 10.8. The van der Waals surface area contributed by atoms with Crippen molar-refractivity contribution < 1.29 is 9.15 Å². The van der Waals surface area contributed by atoms with E-state index < -0.39 is 0 Å². The second-order valence-electron chi connectivity index (χ2n) is 4.48. The molecule has 3 nitrogen and oxygen atoms in total. The molecule has 0 atom stereocenters. The van der Waals surface area contributed by atoms with Crippen LogP contribution in [0, 0.1) is 0 Å². The van der Waals surface area contributed by atoms with Crippen molar-refractivity contribution in [2.75, 3.05) is 0 Å². The van der Waals surface area contributed by atoms with Gasteiger partial charge in [-0.15, -0.1) is 0 Å². The Morgan fingerprint density at radius 1 is 1.05 bits per heavy atom. The highest BCUT2D eigenvalue weighted by molar-refractivity contribution is 6.32. The first-order chi connectivity index (χ1) is 9.79. The Balaban J connectivity index is 1.87. The van der Waals surface area contributed by atoms with Crippen LogP contribution in [-0.4, -0.2) is 0 Å². The fourth-order valence-electron chi connectivity index (χ4n) is 2.16. The number of halogens is 1. The van der Waals surface area contributed by atoms with Crippen LogP contribution < -0.4 is 10.5 Å². The third kappa shape index (κ3) is 2.38.